The Balaban J connectivity index is 0.000000410. The van der Waals surface area contributed by atoms with Gasteiger partial charge >= 0.3 is 6.18 Å². The Bertz CT molecular complexity index is 1660. The van der Waals surface area contributed by atoms with Crippen molar-refractivity contribution in [3.05, 3.63) is 71.1 Å². The van der Waals surface area contributed by atoms with Gasteiger partial charge in [0.15, 0.2) is 5.78 Å². The van der Waals surface area contributed by atoms with Crippen molar-refractivity contribution in [3.8, 4) is 11.3 Å². The first-order chi connectivity index (χ1) is 21.5. The molecule has 0 unspecified atom stereocenters. The Labute approximate surface area is 295 Å². The van der Waals surface area contributed by atoms with Crippen LogP contribution in [0.1, 0.15) is 99.1 Å². The summed E-state index contributed by atoms with van der Waals surface area (Å²) in [6.45, 7) is 17.0. The normalized spacial score (nSPS) is 12.8. The second-order valence-electron chi connectivity index (χ2n) is 13.6. The molecular formula is C38H48F3IrN2O2S-. The van der Waals surface area contributed by atoms with Crippen molar-refractivity contribution < 1.29 is 43.2 Å². The van der Waals surface area contributed by atoms with Crippen LogP contribution in [0, 0.1) is 23.3 Å². The number of rotatable bonds is 10. The molecule has 4 aromatic rings. The molecule has 0 amide bonds. The molecule has 1 radical (unpaired) electrons. The van der Waals surface area contributed by atoms with Crippen LogP contribution in [0.25, 0.3) is 32.2 Å². The zero-order valence-corrected chi connectivity index (χ0v) is 32.1. The third-order valence-corrected chi connectivity index (χ3v) is 9.77. The van der Waals surface area contributed by atoms with E-state index < -0.39 is 11.6 Å². The van der Waals surface area contributed by atoms with Crippen molar-refractivity contribution in [1.29, 1.82) is 0 Å². The molecule has 0 bridgehead atoms. The topological polar surface area (TPSA) is 63.1 Å². The minimum atomic E-state index is -4.29. The molecule has 2 aromatic heterocycles. The van der Waals surface area contributed by atoms with Gasteiger partial charge in [0.05, 0.1) is 16.7 Å². The summed E-state index contributed by atoms with van der Waals surface area (Å²) in [5.41, 5.74) is 1.99. The van der Waals surface area contributed by atoms with E-state index in [1.165, 1.54) is 43.2 Å². The Morgan fingerprint density at radius 2 is 1.55 bits per heavy atom. The summed E-state index contributed by atoms with van der Waals surface area (Å²) < 4.78 is 41.1. The predicted octanol–water partition coefficient (Wildman–Crippen LogP) is 11.6. The van der Waals surface area contributed by atoms with E-state index in [1.807, 2.05) is 45.9 Å². The van der Waals surface area contributed by atoms with Crippen LogP contribution in [-0.4, -0.2) is 27.0 Å². The third-order valence-electron chi connectivity index (χ3n) is 8.75. The first-order valence-electron chi connectivity index (χ1n) is 16.2. The Hall–Kier alpha value is -2.61. The fourth-order valence-corrected chi connectivity index (χ4v) is 6.58. The number of fused-ring (bicyclic) bond motifs is 2. The molecule has 259 valence electrons. The summed E-state index contributed by atoms with van der Waals surface area (Å²) in [6, 6.07) is 13.7. The van der Waals surface area contributed by atoms with E-state index >= 15 is 0 Å². The molecule has 0 aliphatic carbocycles. The van der Waals surface area contributed by atoms with Crippen LogP contribution in [0.15, 0.2) is 53.9 Å². The molecule has 4 nitrogen and oxygen atoms in total. The SMILES string of the molecule is CC(C)(C)c1cc(-c2ncnc3c(CC(C)(C)C(F)(F)F)csc23)[c-]c2ccccc12.CCC(CC)C(=O)/C=C(\O)C(CC)CC.[Ir]. The van der Waals surface area contributed by atoms with Crippen LogP contribution in [0.3, 0.4) is 0 Å². The molecule has 47 heavy (non-hydrogen) atoms. The van der Waals surface area contributed by atoms with Crippen molar-refractivity contribution in [1.82, 2.24) is 9.97 Å². The number of allylic oxidation sites excluding steroid dienone is 2. The third kappa shape index (κ3) is 9.73. The summed E-state index contributed by atoms with van der Waals surface area (Å²) in [5, 5.41) is 13.7. The molecule has 0 saturated carbocycles. The number of nitrogens with zero attached hydrogens (tertiary/aromatic N) is 2. The van der Waals surface area contributed by atoms with Crippen LogP contribution in [-0.2, 0) is 36.7 Å². The van der Waals surface area contributed by atoms with Crippen LogP contribution in [0.5, 0.6) is 0 Å². The van der Waals surface area contributed by atoms with E-state index in [1.54, 1.807) is 5.38 Å². The van der Waals surface area contributed by atoms with Gasteiger partial charge in [0, 0.05) is 48.4 Å². The van der Waals surface area contributed by atoms with E-state index in [0.717, 1.165) is 46.7 Å². The summed E-state index contributed by atoms with van der Waals surface area (Å²) >= 11 is 1.39. The van der Waals surface area contributed by atoms with E-state index in [4.69, 9.17) is 0 Å². The number of thiophene rings is 1. The smallest absolute Gasteiger partial charge is 0.394 e. The largest absolute Gasteiger partial charge is 0.512 e. The monoisotopic (exact) mass is 846 g/mol. The maximum absolute atomic E-state index is 13.4. The van der Waals surface area contributed by atoms with Gasteiger partial charge in [-0.05, 0) is 48.5 Å². The van der Waals surface area contributed by atoms with Crippen LogP contribution in [0.2, 0.25) is 0 Å². The van der Waals surface area contributed by atoms with Gasteiger partial charge in [-0.25, -0.2) is 4.98 Å². The Morgan fingerprint density at radius 3 is 2.11 bits per heavy atom. The summed E-state index contributed by atoms with van der Waals surface area (Å²) in [4.78, 5) is 20.6. The molecule has 0 aliphatic heterocycles. The number of ketones is 1. The number of aliphatic hydroxyl groups excluding tert-OH is 1. The number of aliphatic hydroxyl groups is 1. The summed E-state index contributed by atoms with van der Waals surface area (Å²) in [5.74, 6) is 0.547. The fourth-order valence-electron chi connectivity index (χ4n) is 5.55. The Kier molecular flexibility index (Phi) is 14.4. The number of hydrogen-bond acceptors (Lipinski definition) is 5. The Morgan fingerprint density at radius 1 is 0.957 bits per heavy atom. The molecule has 0 fully saturated rings. The molecule has 1 N–H and O–H groups in total. The minimum Gasteiger partial charge on any atom is -0.512 e. The molecule has 0 spiro atoms. The zero-order valence-electron chi connectivity index (χ0n) is 28.9. The quantitative estimate of drug-likeness (QED) is 0.0981. The van der Waals surface area contributed by atoms with Crippen molar-refractivity contribution in [3.63, 3.8) is 0 Å². The number of carbonyl (C=O) groups excluding carboxylic acids is 1. The van der Waals surface area contributed by atoms with Gasteiger partial charge in [0.1, 0.15) is 6.33 Å². The average Bonchev–Trinajstić information content (AvgIpc) is 3.39. The molecule has 0 saturated heterocycles. The number of alkyl halides is 3. The number of aromatic nitrogens is 2. The number of halogens is 3. The van der Waals surface area contributed by atoms with E-state index in [9.17, 15) is 23.1 Å². The minimum absolute atomic E-state index is 0. The standard InChI is InChI=1S/C25H24F3N2S.C13H24O2.Ir/c1-23(2,3)19-11-16(10-15-8-6-7-9-18(15)19)20-22-21(30-14-29-20)17(13-31-22)12-24(4,5)25(26,27)28;1-5-10(6-2)12(14)9-13(15)11(7-3)8-4;/h6-9,11,13-14H,12H2,1-5H3;9-11,14H,5-8H2,1-4H3;/q-1;;/b;12-9-;. The second kappa shape index (κ2) is 16.7. The summed E-state index contributed by atoms with van der Waals surface area (Å²) in [6.07, 6.45) is 1.93. The molecule has 4 rings (SSSR count). The van der Waals surface area contributed by atoms with Crippen molar-refractivity contribution in [2.24, 2.45) is 17.3 Å². The van der Waals surface area contributed by atoms with Gasteiger partial charge in [-0.15, -0.1) is 40.5 Å². The van der Waals surface area contributed by atoms with Gasteiger partial charge in [0.2, 0.25) is 0 Å². The maximum Gasteiger partial charge on any atom is 0.394 e. The second-order valence-corrected chi connectivity index (χ2v) is 14.5. The molecule has 2 aromatic carbocycles. The van der Waals surface area contributed by atoms with Crippen LogP contribution in [0.4, 0.5) is 13.2 Å². The van der Waals surface area contributed by atoms with Crippen molar-refractivity contribution in [2.45, 2.75) is 106 Å². The number of benzene rings is 2. The fraction of sp³-hybridized carbons (Fsp3) is 0.500. The van der Waals surface area contributed by atoms with E-state index in [-0.39, 0.29) is 55.3 Å². The molecule has 2 heterocycles. The molecular weight excluding hydrogens is 798 g/mol. The summed E-state index contributed by atoms with van der Waals surface area (Å²) in [7, 11) is 0. The van der Waals surface area contributed by atoms with Gasteiger partial charge in [-0.2, -0.15) is 13.2 Å². The van der Waals surface area contributed by atoms with Crippen molar-refractivity contribution >= 4 is 38.1 Å². The van der Waals surface area contributed by atoms with Crippen LogP contribution >= 0.6 is 11.3 Å². The maximum atomic E-state index is 13.4. The molecule has 0 aliphatic rings. The predicted molar refractivity (Wildman–Crippen MR) is 185 cm³/mol. The first kappa shape index (κ1) is 40.6. The first-order valence-corrected chi connectivity index (χ1v) is 17.0. The molecule has 0 atom stereocenters. The average molecular weight is 846 g/mol. The zero-order chi connectivity index (χ0) is 34.4. The van der Waals surface area contributed by atoms with Gasteiger partial charge < -0.3 is 5.11 Å². The molecule has 9 heteroatoms. The van der Waals surface area contributed by atoms with Crippen molar-refractivity contribution in [2.75, 3.05) is 0 Å². The van der Waals surface area contributed by atoms with Gasteiger partial charge in [-0.3, -0.25) is 9.78 Å². The van der Waals surface area contributed by atoms with E-state index in [2.05, 4.69) is 48.9 Å². The van der Waals surface area contributed by atoms with Gasteiger partial charge in [0.25, 0.3) is 0 Å². The van der Waals surface area contributed by atoms with Gasteiger partial charge in [-0.1, -0.05) is 91.5 Å². The number of carbonyl (C=O) groups is 1. The van der Waals surface area contributed by atoms with E-state index in [0.29, 0.717) is 16.8 Å². The van der Waals surface area contributed by atoms with Crippen LogP contribution < -0.4 is 0 Å². The number of hydrogen-bond donors (Lipinski definition) is 1.